The Kier molecular flexibility index (Phi) is 3.53. The Bertz CT molecular complexity index is 714. The second kappa shape index (κ2) is 5.38. The van der Waals surface area contributed by atoms with E-state index >= 15 is 0 Å². The number of hydrogen-bond acceptors (Lipinski definition) is 4. The van der Waals surface area contributed by atoms with Crippen LogP contribution in [0.2, 0.25) is 0 Å². The van der Waals surface area contributed by atoms with Crippen LogP contribution in [0.4, 0.5) is 14.6 Å². The van der Waals surface area contributed by atoms with E-state index in [2.05, 4.69) is 5.10 Å². The number of nitrogen functional groups attached to an aromatic ring is 1. The Morgan fingerprint density at radius 2 is 1.86 bits per heavy atom. The molecule has 1 aliphatic rings. The molecule has 0 aliphatic carbocycles. The molecule has 1 aromatic carbocycles. The number of rotatable bonds is 3. The Labute approximate surface area is 124 Å². The van der Waals surface area contributed by atoms with Gasteiger partial charge in [0.2, 0.25) is 0 Å². The third-order valence-electron chi connectivity index (χ3n) is 3.67. The smallest absolute Gasteiger partial charge is 0.259 e. The van der Waals surface area contributed by atoms with Crippen molar-refractivity contribution in [2.45, 2.75) is 19.6 Å². The average Bonchev–Trinajstić information content (AvgIpc) is 3.04. The fourth-order valence-electron chi connectivity index (χ4n) is 2.54. The summed E-state index contributed by atoms with van der Waals surface area (Å²) in [6.45, 7) is 0.426. The van der Waals surface area contributed by atoms with E-state index in [0.29, 0.717) is 11.1 Å². The lowest BCUT2D eigenvalue weighted by atomic mass is 10.1. The first kappa shape index (κ1) is 14.5. The lowest BCUT2D eigenvalue weighted by Gasteiger charge is -2.14. The van der Waals surface area contributed by atoms with E-state index in [1.54, 1.807) is 0 Å². The molecule has 22 heavy (non-hydrogen) atoms. The van der Waals surface area contributed by atoms with Crippen LogP contribution in [0.3, 0.4) is 0 Å². The number of anilines is 1. The van der Waals surface area contributed by atoms with Crippen LogP contribution in [-0.4, -0.2) is 32.3 Å². The third kappa shape index (κ3) is 2.31. The van der Waals surface area contributed by atoms with Crippen molar-refractivity contribution < 1.29 is 18.7 Å². The first-order valence-electron chi connectivity index (χ1n) is 6.69. The molecule has 1 aromatic heterocycles. The van der Waals surface area contributed by atoms with Crippen molar-refractivity contribution in [3.8, 4) is 0 Å². The molecule has 0 radical (unpaired) electrons. The van der Waals surface area contributed by atoms with Gasteiger partial charge >= 0.3 is 0 Å². The van der Waals surface area contributed by atoms with Crippen LogP contribution < -0.4 is 5.73 Å². The number of amides is 1. The zero-order valence-corrected chi connectivity index (χ0v) is 11.6. The molecule has 0 spiro atoms. The van der Waals surface area contributed by atoms with Crippen LogP contribution in [-0.2, 0) is 19.6 Å². The largest absolute Gasteiger partial charge is 0.394 e. The summed E-state index contributed by atoms with van der Waals surface area (Å²) in [6, 6.07) is 2.22. The van der Waals surface area contributed by atoms with E-state index in [1.165, 1.54) is 15.8 Å². The summed E-state index contributed by atoms with van der Waals surface area (Å²) < 4.78 is 27.8. The molecular formula is C14H14F2N4O2. The minimum Gasteiger partial charge on any atom is -0.394 e. The van der Waals surface area contributed by atoms with Gasteiger partial charge in [-0.25, -0.2) is 13.5 Å². The topological polar surface area (TPSA) is 84.4 Å². The number of aliphatic hydroxyl groups is 1. The summed E-state index contributed by atoms with van der Waals surface area (Å²) in [5.41, 5.74) is 7.20. The SMILES string of the molecule is Nc1c(C(=O)N2Cc3cc(F)c(F)cc3C2)cnn1CCO. The molecule has 0 saturated heterocycles. The number of carbonyl (C=O) groups excluding carboxylic acids is 1. The van der Waals surface area contributed by atoms with E-state index in [1.807, 2.05) is 0 Å². The fraction of sp³-hybridized carbons (Fsp3) is 0.286. The van der Waals surface area contributed by atoms with E-state index in [0.717, 1.165) is 12.1 Å². The Morgan fingerprint density at radius 1 is 1.27 bits per heavy atom. The van der Waals surface area contributed by atoms with Gasteiger partial charge in [-0.2, -0.15) is 5.10 Å². The number of nitrogens with two attached hydrogens (primary N) is 1. The molecule has 8 heteroatoms. The number of fused-ring (bicyclic) bond motifs is 1. The van der Waals surface area contributed by atoms with Crippen LogP contribution >= 0.6 is 0 Å². The molecule has 6 nitrogen and oxygen atoms in total. The maximum atomic E-state index is 13.2. The van der Waals surface area contributed by atoms with E-state index in [4.69, 9.17) is 10.8 Å². The van der Waals surface area contributed by atoms with Crippen molar-refractivity contribution in [3.05, 3.63) is 46.7 Å². The second-order valence-electron chi connectivity index (χ2n) is 5.09. The fourth-order valence-corrected chi connectivity index (χ4v) is 2.54. The predicted molar refractivity (Wildman–Crippen MR) is 73.7 cm³/mol. The van der Waals surface area contributed by atoms with Gasteiger partial charge in [-0.1, -0.05) is 0 Å². The highest BCUT2D eigenvalue weighted by Crippen LogP contribution is 2.27. The molecule has 3 rings (SSSR count). The van der Waals surface area contributed by atoms with Gasteiger partial charge in [0, 0.05) is 13.1 Å². The van der Waals surface area contributed by atoms with Gasteiger partial charge < -0.3 is 15.7 Å². The zero-order valence-electron chi connectivity index (χ0n) is 11.6. The molecule has 116 valence electrons. The number of halogens is 2. The van der Waals surface area contributed by atoms with Crippen LogP contribution in [0.1, 0.15) is 21.5 Å². The van der Waals surface area contributed by atoms with Gasteiger partial charge in [-0.05, 0) is 23.3 Å². The summed E-state index contributed by atoms with van der Waals surface area (Å²) >= 11 is 0. The molecule has 1 amide bonds. The Hall–Kier alpha value is -2.48. The molecule has 3 N–H and O–H groups in total. The first-order valence-corrected chi connectivity index (χ1v) is 6.69. The summed E-state index contributed by atoms with van der Waals surface area (Å²) in [7, 11) is 0. The van der Waals surface area contributed by atoms with Crippen molar-refractivity contribution in [3.63, 3.8) is 0 Å². The van der Waals surface area contributed by atoms with Gasteiger partial charge in [0.05, 0.1) is 19.3 Å². The van der Waals surface area contributed by atoms with E-state index in [-0.39, 0.29) is 43.5 Å². The number of carbonyl (C=O) groups is 1. The highest BCUT2D eigenvalue weighted by molar-refractivity contribution is 5.98. The Balaban J connectivity index is 1.83. The average molecular weight is 308 g/mol. The summed E-state index contributed by atoms with van der Waals surface area (Å²) in [4.78, 5) is 13.9. The number of benzene rings is 1. The van der Waals surface area contributed by atoms with Gasteiger partial charge in [0.15, 0.2) is 11.6 Å². The maximum absolute atomic E-state index is 13.2. The van der Waals surface area contributed by atoms with Gasteiger partial charge in [0.1, 0.15) is 11.4 Å². The number of hydrogen-bond donors (Lipinski definition) is 2. The summed E-state index contributed by atoms with van der Waals surface area (Å²) in [5.74, 6) is -2.06. The maximum Gasteiger partial charge on any atom is 0.259 e. The molecule has 0 bridgehead atoms. The van der Waals surface area contributed by atoms with Crippen LogP contribution in [0, 0.1) is 11.6 Å². The van der Waals surface area contributed by atoms with Crippen LogP contribution in [0.15, 0.2) is 18.3 Å². The molecule has 0 unspecified atom stereocenters. The quantitative estimate of drug-likeness (QED) is 0.882. The van der Waals surface area contributed by atoms with E-state index in [9.17, 15) is 13.6 Å². The molecule has 0 atom stereocenters. The van der Waals surface area contributed by atoms with Gasteiger partial charge in [0.25, 0.3) is 5.91 Å². The molecule has 2 aromatic rings. The highest BCUT2D eigenvalue weighted by Gasteiger charge is 2.28. The minimum absolute atomic E-state index is 0.146. The van der Waals surface area contributed by atoms with Crippen molar-refractivity contribution >= 4 is 11.7 Å². The van der Waals surface area contributed by atoms with E-state index < -0.39 is 11.6 Å². The molecular weight excluding hydrogens is 294 g/mol. The van der Waals surface area contributed by atoms with Crippen LogP contribution in [0.5, 0.6) is 0 Å². The van der Waals surface area contributed by atoms with Crippen molar-refractivity contribution in [1.82, 2.24) is 14.7 Å². The minimum atomic E-state index is -0.927. The monoisotopic (exact) mass is 308 g/mol. The molecule has 0 fully saturated rings. The Morgan fingerprint density at radius 3 is 2.41 bits per heavy atom. The lowest BCUT2D eigenvalue weighted by Crippen LogP contribution is -2.26. The van der Waals surface area contributed by atoms with Gasteiger partial charge in [-0.15, -0.1) is 0 Å². The molecule has 0 saturated carbocycles. The van der Waals surface area contributed by atoms with Crippen molar-refractivity contribution in [2.24, 2.45) is 0 Å². The normalized spacial score (nSPS) is 13.5. The summed E-state index contributed by atoms with van der Waals surface area (Å²) in [6.07, 6.45) is 1.33. The molecule has 2 heterocycles. The lowest BCUT2D eigenvalue weighted by molar-refractivity contribution is 0.0752. The van der Waals surface area contributed by atoms with Gasteiger partial charge in [-0.3, -0.25) is 4.79 Å². The number of aliphatic hydroxyl groups excluding tert-OH is 1. The summed E-state index contributed by atoms with van der Waals surface area (Å²) in [5, 5.41) is 12.8. The zero-order chi connectivity index (χ0) is 15.9. The standard InChI is InChI=1S/C14H14F2N4O2/c15-11-3-8-6-19(7-9(8)4-12(11)16)14(22)10-5-18-20(1-2-21)13(10)17/h3-5,21H,1-2,6-7,17H2. The first-order chi connectivity index (χ1) is 10.5. The second-order valence-corrected chi connectivity index (χ2v) is 5.09. The van der Waals surface area contributed by atoms with Crippen molar-refractivity contribution in [2.75, 3.05) is 12.3 Å². The number of nitrogens with zero attached hydrogens (tertiary/aromatic N) is 3. The number of aromatic nitrogens is 2. The van der Waals surface area contributed by atoms with Crippen LogP contribution in [0.25, 0.3) is 0 Å². The third-order valence-corrected chi connectivity index (χ3v) is 3.67. The predicted octanol–water partition coefficient (Wildman–Crippen LogP) is 0.892. The highest BCUT2D eigenvalue weighted by atomic mass is 19.2. The molecule has 1 aliphatic heterocycles. The van der Waals surface area contributed by atoms with Crippen molar-refractivity contribution in [1.29, 1.82) is 0 Å².